The molecule has 1 aromatic carbocycles. The van der Waals surface area contributed by atoms with Gasteiger partial charge in [-0.25, -0.2) is 4.79 Å². The summed E-state index contributed by atoms with van der Waals surface area (Å²) < 4.78 is 9.86. The van der Waals surface area contributed by atoms with Crippen molar-refractivity contribution in [2.75, 3.05) is 25.6 Å². The molecule has 0 aliphatic carbocycles. The van der Waals surface area contributed by atoms with Gasteiger partial charge in [0.1, 0.15) is 5.75 Å². The average Bonchev–Trinajstić information content (AvgIpc) is 2.54. The average molecular weight is 357 g/mol. The lowest BCUT2D eigenvalue weighted by Gasteiger charge is -2.27. The van der Waals surface area contributed by atoms with Gasteiger partial charge in [-0.05, 0) is 57.0 Å². The third kappa shape index (κ3) is 5.69. The number of carbonyl (C=O) groups is 2. The third-order valence-corrected chi connectivity index (χ3v) is 4.03. The van der Waals surface area contributed by atoms with Gasteiger partial charge >= 0.3 is 5.97 Å². The van der Waals surface area contributed by atoms with Crippen molar-refractivity contribution >= 4 is 30.0 Å². The van der Waals surface area contributed by atoms with Crippen LogP contribution in [0.2, 0.25) is 0 Å². The molecule has 1 amide bonds. The minimum atomic E-state index is -0.430. The van der Waals surface area contributed by atoms with Crippen molar-refractivity contribution in [3.8, 4) is 5.75 Å². The van der Waals surface area contributed by atoms with Gasteiger partial charge in [-0.3, -0.25) is 4.79 Å². The van der Waals surface area contributed by atoms with E-state index < -0.39 is 5.97 Å². The number of hydrogen-bond donors (Lipinski definition) is 2. The van der Waals surface area contributed by atoms with Gasteiger partial charge in [0.2, 0.25) is 5.91 Å². The first kappa shape index (κ1) is 20.3. The molecular formula is C17H25ClN2O4. The number of anilines is 1. The van der Waals surface area contributed by atoms with E-state index in [2.05, 4.69) is 22.3 Å². The topological polar surface area (TPSA) is 76.7 Å². The Bertz CT molecular complexity index is 580. The molecule has 6 nitrogen and oxygen atoms in total. The maximum Gasteiger partial charge on any atom is 0.343 e. The lowest BCUT2D eigenvalue weighted by molar-refractivity contribution is -0.142. The monoisotopic (exact) mass is 356 g/mol. The van der Waals surface area contributed by atoms with Gasteiger partial charge < -0.3 is 20.1 Å². The first-order valence-corrected chi connectivity index (χ1v) is 7.84. The molecule has 2 N–H and O–H groups in total. The predicted octanol–water partition coefficient (Wildman–Crippen LogP) is 2.30. The van der Waals surface area contributed by atoms with Crippen LogP contribution in [0.1, 0.15) is 25.3 Å². The maximum absolute atomic E-state index is 12.4. The summed E-state index contributed by atoms with van der Waals surface area (Å²) in [6, 6.07) is 5.69. The number of aryl methyl sites for hydroxylation is 1. The highest BCUT2D eigenvalue weighted by Gasteiger charge is 2.24. The number of piperidine rings is 1. The number of methoxy groups -OCH3 is 1. The van der Waals surface area contributed by atoms with Gasteiger partial charge in [-0.1, -0.05) is 0 Å². The fraction of sp³-hybridized carbons (Fsp3) is 0.529. The molecule has 0 unspecified atom stereocenters. The van der Waals surface area contributed by atoms with E-state index in [0.717, 1.165) is 30.6 Å². The first-order valence-electron chi connectivity index (χ1n) is 7.84. The molecule has 1 aliphatic rings. The highest BCUT2D eigenvalue weighted by Crippen LogP contribution is 2.24. The van der Waals surface area contributed by atoms with Crippen LogP contribution >= 0.6 is 12.4 Å². The molecule has 0 aromatic heterocycles. The molecule has 2 atom stereocenters. The number of amides is 1. The maximum atomic E-state index is 12.4. The van der Waals surface area contributed by atoms with E-state index in [9.17, 15) is 9.59 Å². The second kappa shape index (κ2) is 9.49. The van der Waals surface area contributed by atoms with E-state index in [-0.39, 0.29) is 30.8 Å². The number of rotatable bonds is 5. The van der Waals surface area contributed by atoms with Crippen molar-refractivity contribution in [2.24, 2.45) is 5.92 Å². The van der Waals surface area contributed by atoms with Crippen LogP contribution in [0.3, 0.4) is 0 Å². The zero-order valence-corrected chi connectivity index (χ0v) is 15.1. The summed E-state index contributed by atoms with van der Waals surface area (Å²) in [5.74, 6) is 0.243. The molecule has 0 bridgehead atoms. The van der Waals surface area contributed by atoms with Gasteiger partial charge in [0.25, 0.3) is 0 Å². The number of carbonyl (C=O) groups excluding carboxylic acids is 2. The molecule has 0 saturated carbocycles. The van der Waals surface area contributed by atoms with Crippen molar-refractivity contribution in [3.63, 3.8) is 0 Å². The summed E-state index contributed by atoms with van der Waals surface area (Å²) in [6.07, 6.45) is 1.71. The Morgan fingerprint density at radius 1 is 1.38 bits per heavy atom. The molecule has 1 saturated heterocycles. The summed E-state index contributed by atoms with van der Waals surface area (Å²) >= 11 is 0. The first-order chi connectivity index (χ1) is 11.0. The lowest BCUT2D eigenvalue weighted by atomic mass is 9.92. The summed E-state index contributed by atoms with van der Waals surface area (Å²) in [4.78, 5) is 23.4. The van der Waals surface area contributed by atoms with Gasteiger partial charge in [0.05, 0.1) is 7.11 Å². The van der Waals surface area contributed by atoms with Gasteiger partial charge in [-0.2, -0.15) is 0 Å². The molecule has 2 rings (SSSR count). The zero-order chi connectivity index (χ0) is 16.8. The Kier molecular flexibility index (Phi) is 8.01. The molecule has 1 aliphatic heterocycles. The fourth-order valence-electron chi connectivity index (χ4n) is 2.67. The van der Waals surface area contributed by atoms with Crippen molar-refractivity contribution in [1.29, 1.82) is 0 Å². The predicted molar refractivity (Wildman–Crippen MR) is 94.8 cm³/mol. The van der Waals surface area contributed by atoms with Crippen LogP contribution in [-0.2, 0) is 14.3 Å². The highest BCUT2D eigenvalue weighted by molar-refractivity contribution is 5.93. The van der Waals surface area contributed by atoms with E-state index in [4.69, 9.17) is 4.74 Å². The van der Waals surface area contributed by atoms with Gasteiger partial charge in [0.15, 0.2) is 6.61 Å². The van der Waals surface area contributed by atoms with E-state index in [1.165, 1.54) is 7.11 Å². The number of ether oxygens (including phenoxy) is 2. The zero-order valence-electron chi connectivity index (χ0n) is 14.3. The van der Waals surface area contributed by atoms with E-state index in [0.29, 0.717) is 11.8 Å². The smallest absolute Gasteiger partial charge is 0.343 e. The Hall–Kier alpha value is -1.79. The molecule has 0 radical (unpaired) electrons. The third-order valence-electron chi connectivity index (χ3n) is 4.03. The van der Waals surface area contributed by atoms with Crippen LogP contribution in [0, 0.1) is 12.8 Å². The Morgan fingerprint density at radius 2 is 2.12 bits per heavy atom. The number of hydrogen-bond acceptors (Lipinski definition) is 5. The minimum absolute atomic E-state index is 0. The second-order valence-electron chi connectivity index (χ2n) is 5.91. The van der Waals surface area contributed by atoms with Crippen LogP contribution < -0.4 is 15.4 Å². The van der Waals surface area contributed by atoms with Crippen LogP contribution in [0.15, 0.2) is 18.2 Å². The normalized spacial score (nSPS) is 19.8. The number of esters is 1. The van der Waals surface area contributed by atoms with Crippen LogP contribution in [0.25, 0.3) is 0 Å². The Balaban J connectivity index is 0.00000288. The van der Waals surface area contributed by atoms with E-state index in [1.54, 1.807) is 18.2 Å². The SMILES string of the molecule is COC(=O)COc1ccc(NC(=O)[C@H]2CCN[C@@H](C)C2)c(C)c1.Cl. The summed E-state index contributed by atoms with van der Waals surface area (Å²) in [5.41, 5.74) is 1.66. The second-order valence-corrected chi connectivity index (χ2v) is 5.91. The number of benzene rings is 1. The summed E-state index contributed by atoms with van der Waals surface area (Å²) in [6.45, 7) is 4.73. The largest absolute Gasteiger partial charge is 0.482 e. The summed E-state index contributed by atoms with van der Waals surface area (Å²) in [7, 11) is 1.32. The highest BCUT2D eigenvalue weighted by atomic mass is 35.5. The van der Waals surface area contributed by atoms with Crippen LogP contribution in [0.5, 0.6) is 5.75 Å². The van der Waals surface area contributed by atoms with E-state index >= 15 is 0 Å². The molecule has 0 spiro atoms. The van der Waals surface area contributed by atoms with Crippen LogP contribution in [-0.4, -0.2) is 38.2 Å². The van der Waals surface area contributed by atoms with Crippen molar-refractivity contribution in [3.05, 3.63) is 23.8 Å². The van der Waals surface area contributed by atoms with Crippen molar-refractivity contribution < 1.29 is 19.1 Å². The molecule has 1 aromatic rings. The molecule has 7 heteroatoms. The van der Waals surface area contributed by atoms with Crippen molar-refractivity contribution in [2.45, 2.75) is 32.7 Å². The molecule has 24 heavy (non-hydrogen) atoms. The molecule has 1 heterocycles. The number of nitrogens with one attached hydrogen (secondary N) is 2. The lowest BCUT2D eigenvalue weighted by Crippen LogP contribution is -2.40. The van der Waals surface area contributed by atoms with E-state index in [1.807, 2.05) is 6.92 Å². The van der Waals surface area contributed by atoms with Gasteiger partial charge in [-0.15, -0.1) is 12.4 Å². The molecule has 134 valence electrons. The van der Waals surface area contributed by atoms with Crippen LogP contribution in [0.4, 0.5) is 5.69 Å². The quantitative estimate of drug-likeness (QED) is 0.792. The fourth-order valence-corrected chi connectivity index (χ4v) is 2.67. The number of halogens is 1. The van der Waals surface area contributed by atoms with Crippen molar-refractivity contribution in [1.82, 2.24) is 5.32 Å². The Morgan fingerprint density at radius 3 is 2.75 bits per heavy atom. The standard InChI is InChI=1S/C17H24N2O4.ClH/c1-11-8-14(23-10-16(20)22-3)4-5-15(11)19-17(21)13-6-7-18-12(2)9-13;/h4-5,8,12-13,18H,6-7,9-10H2,1-3H3,(H,19,21);1H/t12-,13-;/m0./s1. The summed E-state index contributed by atoms with van der Waals surface area (Å²) in [5, 5.41) is 6.33. The molecular weight excluding hydrogens is 332 g/mol. The Labute approximate surface area is 148 Å². The molecule has 1 fully saturated rings. The van der Waals surface area contributed by atoms with Gasteiger partial charge in [0, 0.05) is 17.6 Å². The minimum Gasteiger partial charge on any atom is -0.482 e.